The van der Waals surface area contributed by atoms with Crippen LogP contribution in [0.5, 0.6) is 11.5 Å². The van der Waals surface area contributed by atoms with Crippen LogP contribution in [0.1, 0.15) is 22.3 Å². The first-order valence-electron chi connectivity index (χ1n) is 17.4. The molecule has 232 valence electrons. The van der Waals surface area contributed by atoms with Crippen molar-refractivity contribution < 1.29 is 4.74 Å². The summed E-state index contributed by atoms with van der Waals surface area (Å²) in [4.78, 5) is 0. The minimum Gasteiger partial charge on any atom is -0.457 e. The summed E-state index contributed by atoms with van der Waals surface area (Å²) in [5, 5.41) is 7.56. The molecule has 9 aromatic rings. The van der Waals surface area contributed by atoms with Crippen LogP contribution in [-0.2, 0) is 5.41 Å². The molecule has 1 aliphatic heterocycles. The second-order valence-electron chi connectivity index (χ2n) is 13.5. The lowest BCUT2D eigenvalue weighted by Crippen LogP contribution is -2.32. The Balaban J connectivity index is 1.35. The molecule has 1 heterocycles. The van der Waals surface area contributed by atoms with Crippen molar-refractivity contribution in [2.75, 3.05) is 0 Å². The Kier molecular flexibility index (Phi) is 5.66. The third-order valence-electron chi connectivity index (χ3n) is 11.1. The maximum absolute atomic E-state index is 6.67. The molecule has 0 N–H and O–H groups in total. The standard InChI is InChI=1S/C49H30O/c1-2-16-31(17-3-1)46-34-20-6-8-22-36(34)47(37-23-9-7-21-35(37)46)39-30-43-48(33-19-5-4-18-32(33)39)38-24-10-11-25-40(38)49(43)41-26-12-14-28-44(41)50-45-29-15-13-27-42(45)49/h1-30H. The summed E-state index contributed by atoms with van der Waals surface area (Å²) in [6, 6.07) is 66.7. The quantitative estimate of drug-likeness (QED) is 0.172. The van der Waals surface area contributed by atoms with Crippen LogP contribution in [0.25, 0.3) is 65.7 Å². The Morgan fingerprint density at radius 2 is 0.740 bits per heavy atom. The van der Waals surface area contributed by atoms with Crippen LogP contribution >= 0.6 is 0 Å². The second kappa shape index (κ2) is 10.3. The topological polar surface area (TPSA) is 9.23 Å². The molecule has 50 heavy (non-hydrogen) atoms. The largest absolute Gasteiger partial charge is 0.457 e. The molecule has 0 atom stereocenters. The zero-order valence-corrected chi connectivity index (χ0v) is 27.2. The first-order chi connectivity index (χ1) is 24.8. The number of hydrogen-bond donors (Lipinski definition) is 0. The highest BCUT2D eigenvalue weighted by atomic mass is 16.5. The van der Waals surface area contributed by atoms with Crippen molar-refractivity contribution >= 4 is 32.3 Å². The molecule has 0 radical (unpaired) electrons. The van der Waals surface area contributed by atoms with Gasteiger partial charge in [-0.25, -0.2) is 0 Å². The summed E-state index contributed by atoms with van der Waals surface area (Å²) >= 11 is 0. The lowest BCUT2D eigenvalue weighted by molar-refractivity contribution is 0.436. The second-order valence-corrected chi connectivity index (χ2v) is 13.5. The number of fused-ring (bicyclic) bond motifs is 13. The molecule has 0 fully saturated rings. The van der Waals surface area contributed by atoms with Gasteiger partial charge in [0.25, 0.3) is 0 Å². The minimum atomic E-state index is -0.550. The van der Waals surface area contributed by atoms with Crippen molar-refractivity contribution in [1.29, 1.82) is 0 Å². The zero-order chi connectivity index (χ0) is 32.8. The molecule has 1 aliphatic carbocycles. The summed E-state index contributed by atoms with van der Waals surface area (Å²) in [6.45, 7) is 0. The van der Waals surface area contributed by atoms with Crippen LogP contribution in [-0.4, -0.2) is 0 Å². The summed E-state index contributed by atoms with van der Waals surface area (Å²) in [6.07, 6.45) is 0. The van der Waals surface area contributed by atoms with Crippen LogP contribution in [0.15, 0.2) is 182 Å². The number of rotatable bonds is 2. The Bertz CT molecular complexity index is 2740. The predicted molar refractivity (Wildman–Crippen MR) is 207 cm³/mol. The van der Waals surface area contributed by atoms with Gasteiger partial charge in [0.05, 0.1) is 5.41 Å². The lowest BCUT2D eigenvalue weighted by Gasteiger charge is -2.39. The molecule has 0 bridgehead atoms. The molecule has 0 saturated carbocycles. The van der Waals surface area contributed by atoms with E-state index in [2.05, 4.69) is 182 Å². The van der Waals surface area contributed by atoms with Gasteiger partial charge in [-0.15, -0.1) is 0 Å². The van der Waals surface area contributed by atoms with Crippen molar-refractivity contribution in [1.82, 2.24) is 0 Å². The van der Waals surface area contributed by atoms with Crippen LogP contribution in [0.3, 0.4) is 0 Å². The average molecular weight is 635 g/mol. The van der Waals surface area contributed by atoms with E-state index in [1.807, 2.05) is 0 Å². The highest BCUT2D eigenvalue weighted by Crippen LogP contribution is 2.64. The summed E-state index contributed by atoms with van der Waals surface area (Å²) < 4.78 is 6.67. The minimum absolute atomic E-state index is 0.550. The van der Waals surface area contributed by atoms with Crippen molar-refractivity contribution in [3.05, 3.63) is 204 Å². The van der Waals surface area contributed by atoms with Gasteiger partial charge < -0.3 is 4.74 Å². The van der Waals surface area contributed by atoms with Gasteiger partial charge in [0, 0.05) is 11.1 Å². The van der Waals surface area contributed by atoms with Crippen LogP contribution < -0.4 is 4.74 Å². The Labute approximate surface area is 290 Å². The maximum Gasteiger partial charge on any atom is 0.132 e. The fraction of sp³-hybridized carbons (Fsp3) is 0.0204. The third-order valence-corrected chi connectivity index (χ3v) is 11.1. The summed E-state index contributed by atoms with van der Waals surface area (Å²) in [7, 11) is 0. The first kappa shape index (κ1) is 27.5. The maximum atomic E-state index is 6.67. The predicted octanol–water partition coefficient (Wildman–Crippen LogP) is 12.9. The molecule has 0 saturated heterocycles. The van der Waals surface area contributed by atoms with E-state index in [9.17, 15) is 0 Å². The van der Waals surface area contributed by atoms with Gasteiger partial charge in [0.2, 0.25) is 0 Å². The van der Waals surface area contributed by atoms with Gasteiger partial charge in [0.15, 0.2) is 0 Å². The van der Waals surface area contributed by atoms with E-state index in [0.717, 1.165) is 11.5 Å². The highest BCUT2D eigenvalue weighted by Gasteiger charge is 2.51. The third kappa shape index (κ3) is 3.51. The number of para-hydroxylation sites is 2. The smallest absolute Gasteiger partial charge is 0.132 e. The SMILES string of the molecule is c1ccc(-c2c3ccccc3c(-c3cc4c(c5ccccc35)-c3ccccc3C43c4ccccc4Oc4ccccc43)c3ccccc23)cc1. The van der Waals surface area contributed by atoms with Crippen LogP contribution in [0.4, 0.5) is 0 Å². The molecule has 0 amide bonds. The number of benzene rings is 9. The molecular weight excluding hydrogens is 605 g/mol. The summed E-state index contributed by atoms with van der Waals surface area (Å²) in [5.41, 5.74) is 12.0. The lowest BCUT2D eigenvalue weighted by atomic mass is 9.65. The van der Waals surface area contributed by atoms with Gasteiger partial charge in [-0.3, -0.25) is 0 Å². The van der Waals surface area contributed by atoms with E-state index in [1.54, 1.807) is 0 Å². The van der Waals surface area contributed by atoms with E-state index >= 15 is 0 Å². The molecular formula is C49H30O. The van der Waals surface area contributed by atoms with E-state index in [-0.39, 0.29) is 0 Å². The molecule has 1 heteroatoms. The first-order valence-corrected chi connectivity index (χ1v) is 17.4. The van der Waals surface area contributed by atoms with E-state index in [1.165, 1.54) is 88.0 Å². The molecule has 9 aromatic carbocycles. The fourth-order valence-electron chi connectivity index (χ4n) is 9.25. The van der Waals surface area contributed by atoms with Gasteiger partial charge in [-0.2, -0.15) is 0 Å². The molecule has 1 nitrogen and oxygen atoms in total. The molecule has 0 unspecified atom stereocenters. The van der Waals surface area contributed by atoms with E-state index in [0.29, 0.717) is 0 Å². The van der Waals surface area contributed by atoms with Crippen LogP contribution in [0.2, 0.25) is 0 Å². The normalized spacial score (nSPS) is 13.5. The number of ether oxygens (including phenoxy) is 1. The summed E-state index contributed by atoms with van der Waals surface area (Å²) in [5.74, 6) is 1.82. The average Bonchev–Trinajstić information content (AvgIpc) is 3.47. The Morgan fingerprint density at radius 3 is 1.34 bits per heavy atom. The van der Waals surface area contributed by atoms with E-state index < -0.39 is 5.41 Å². The van der Waals surface area contributed by atoms with E-state index in [4.69, 9.17) is 4.74 Å². The molecule has 2 aliphatic rings. The van der Waals surface area contributed by atoms with Gasteiger partial charge >= 0.3 is 0 Å². The van der Waals surface area contributed by atoms with Crippen molar-refractivity contribution in [3.8, 4) is 44.9 Å². The number of hydrogen-bond acceptors (Lipinski definition) is 1. The molecule has 1 spiro atoms. The molecule has 11 rings (SSSR count). The van der Waals surface area contributed by atoms with Crippen molar-refractivity contribution in [2.45, 2.75) is 5.41 Å². The highest BCUT2D eigenvalue weighted by molar-refractivity contribution is 6.24. The van der Waals surface area contributed by atoms with Gasteiger partial charge in [-0.05, 0) is 95.0 Å². The molecule has 0 aromatic heterocycles. The fourth-order valence-corrected chi connectivity index (χ4v) is 9.25. The Morgan fingerprint density at radius 1 is 0.300 bits per heavy atom. The van der Waals surface area contributed by atoms with Crippen molar-refractivity contribution in [2.24, 2.45) is 0 Å². The Hall–Kier alpha value is -6.44. The van der Waals surface area contributed by atoms with Gasteiger partial charge in [-0.1, -0.05) is 164 Å². The zero-order valence-electron chi connectivity index (χ0n) is 27.2. The van der Waals surface area contributed by atoms with Crippen molar-refractivity contribution in [3.63, 3.8) is 0 Å². The monoisotopic (exact) mass is 634 g/mol. The van der Waals surface area contributed by atoms with Gasteiger partial charge in [0.1, 0.15) is 11.5 Å². The van der Waals surface area contributed by atoms with Crippen LogP contribution in [0, 0.1) is 0 Å².